The summed E-state index contributed by atoms with van der Waals surface area (Å²) < 4.78 is 27.1. The van der Waals surface area contributed by atoms with Crippen molar-refractivity contribution in [3.63, 3.8) is 0 Å². The maximum atomic E-state index is 13.7. The predicted molar refractivity (Wildman–Crippen MR) is 113 cm³/mol. The second-order valence-corrected chi connectivity index (χ2v) is 7.37. The molecule has 2 aromatic carbocycles. The number of imide groups is 1. The zero-order valence-corrected chi connectivity index (χ0v) is 16.9. The Morgan fingerprint density at radius 1 is 0.903 bits per heavy atom. The van der Waals surface area contributed by atoms with E-state index in [4.69, 9.17) is 0 Å². The van der Waals surface area contributed by atoms with Crippen LogP contribution in [0.1, 0.15) is 22.3 Å². The van der Waals surface area contributed by atoms with Gasteiger partial charge in [0.25, 0.3) is 11.8 Å². The number of hydrogen-bond donors (Lipinski definition) is 1. The molecule has 31 heavy (non-hydrogen) atoms. The first-order valence-electron chi connectivity index (χ1n) is 9.64. The van der Waals surface area contributed by atoms with E-state index in [0.29, 0.717) is 5.56 Å². The van der Waals surface area contributed by atoms with E-state index in [1.54, 1.807) is 30.6 Å². The number of pyridine rings is 1. The van der Waals surface area contributed by atoms with Crippen molar-refractivity contribution in [1.29, 1.82) is 0 Å². The van der Waals surface area contributed by atoms with E-state index in [2.05, 4.69) is 10.3 Å². The fourth-order valence-electron chi connectivity index (χ4n) is 3.57. The van der Waals surface area contributed by atoms with Gasteiger partial charge in [0.15, 0.2) is 11.6 Å². The fraction of sp³-hybridized carbons (Fsp3) is 0.125. The van der Waals surface area contributed by atoms with Crippen molar-refractivity contribution in [2.24, 2.45) is 0 Å². The monoisotopic (exact) mass is 419 g/mol. The summed E-state index contributed by atoms with van der Waals surface area (Å²) >= 11 is 0. The smallest absolute Gasteiger partial charge is 0.278 e. The number of nitrogens with zero attached hydrogens (tertiary/aromatic N) is 2. The minimum absolute atomic E-state index is 0.0250. The van der Waals surface area contributed by atoms with E-state index in [0.717, 1.165) is 33.7 Å². The summed E-state index contributed by atoms with van der Waals surface area (Å²) in [7, 11) is 0. The van der Waals surface area contributed by atoms with Crippen LogP contribution in [-0.2, 0) is 16.1 Å². The van der Waals surface area contributed by atoms with Crippen molar-refractivity contribution in [1.82, 2.24) is 9.88 Å². The highest BCUT2D eigenvalue weighted by atomic mass is 19.2. The first-order valence-corrected chi connectivity index (χ1v) is 9.64. The number of carbonyl (C=O) groups is 2. The molecule has 0 unspecified atom stereocenters. The largest absolute Gasteiger partial charge is 0.350 e. The van der Waals surface area contributed by atoms with Crippen LogP contribution in [-0.4, -0.2) is 21.7 Å². The Bertz CT molecular complexity index is 1220. The van der Waals surface area contributed by atoms with E-state index in [1.807, 2.05) is 26.0 Å². The van der Waals surface area contributed by atoms with Crippen LogP contribution in [0.3, 0.4) is 0 Å². The minimum atomic E-state index is -1.05. The van der Waals surface area contributed by atoms with Crippen molar-refractivity contribution in [3.05, 3.63) is 101 Å². The fourth-order valence-corrected chi connectivity index (χ4v) is 3.57. The molecule has 2 heterocycles. The number of benzene rings is 2. The highest BCUT2D eigenvalue weighted by Gasteiger charge is 2.39. The average molecular weight is 419 g/mol. The van der Waals surface area contributed by atoms with Gasteiger partial charge < -0.3 is 5.32 Å². The molecule has 0 radical (unpaired) electrons. The van der Waals surface area contributed by atoms with E-state index in [1.165, 1.54) is 6.07 Å². The molecule has 5 nitrogen and oxygen atoms in total. The maximum Gasteiger partial charge on any atom is 0.278 e. The molecule has 0 saturated carbocycles. The van der Waals surface area contributed by atoms with E-state index in [-0.39, 0.29) is 23.5 Å². The van der Waals surface area contributed by atoms with Gasteiger partial charge in [0, 0.05) is 24.1 Å². The third-order valence-electron chi connectivity index (χ3n) is 5.10. The number of anilines is 1. The topological polar surface area (TPSA) is 62.3 Å². The third kappa shape index (κ3) is 3.94. The van der Waals surface area contributed by atoms with Gasteiger partial charge in [-0.25, -0.2) is 8.78 Å². The number of rotatable bonds is 5. The third-order valence-corrected chi connectivity index (χ3v) is 5.10. The molecule has 0 atom stereocenters. The van der Waals surface area contributed by atoms with Crippen LogP contribution in [0.2, 0.25) is 0 Å². The van der Waals surface area contributed by atoms with Gasteiger partial charge in [-0.05, 0) is 54.8 Å². The van der Waals surface area contributed by atoms with Gasteiger partial charge in [-0.1, -0.05) is 23.8 Å². The quantitative estimate of drug-likeness (QED) is 0.624. The van der Waals surface area contributed by atoms with Crippen molar-refractivity contribution >= 4 is 23.1 Å². The normalized spacial score (nSPS) is 13.9. The van der Waals surface area contributed by atoms with Crippen molar-refractivity contribution in [2.75, 3.05) is 5.32 Å². The number of halogens is 2. The Hall–Kier alpha value is -3.87. The Kier molecular flexibility index (Phi) is 5.33. The second-order valence-electron chi connectivity index (χ2n) is 7.37. The Morgan fingerprint density at radius 2 is 1.65 bits per heavy atom. The Labute approximate surface area is 178 Å². The highest BCUT2D eigenvalue weighted by Crippen LogP contribution is 2.33. The summed E-state index contributed by atoms with van der Waals surface area (Å²) in [4.78, 5) is 31.7. The van der Waals surface area contributed by atoms with Gasteiger partial charge in [0.05, 0.1) is 12.1 Å². The number of amides is 2. The number of aromatic nitrogens is 1. The standard InChI is InChI=1S/C24H19F2N3O2/c1-14-3-5-18(15(2)11-14)21-22(28-17-4-6-19(25)20(26)12-17)24(31)29(23(21)30)13-16-7-9-27-10-8-16/h3-12,28H,13H2,1-2H3. The molecular formula is C24H19F2N3O2. The molecule has 2 amide bonds. The molecule has 0 fully saturated rings. The predicted octanol–water partition coefficient (Wildman–Crippen LogP) is 4.37. The van der Waals surface area contributed by atoms with Crippen molar-refractivity contribution in [2.45, 2.75) is 20.4 Å². The van der Waals surface area contributed by atoms with E-state index >= 15 is 0 Å². The number of hydrogen-bond acceptors (Lipinski definition) is 4. The van der Waals surface area contributed by atoms with Gasteiger partial charge in [0.1, 0.15) is 5.70 Å². The molecule has 0 saturated heterocycles. The lowest BCUT2D eigenvalue weighted by molar-refractivity contribution is -0.137. The lowest BCUT2D eigenvalue weighted by atomic mass is 9.97. The Morgan fingerprint density at radius 3 is 2.32 bits per heavy atom. The summed E-state index contributed by atoms with van der Waals surface area (Å²) in [6.07, 6.45) is 3.17. The van der Waals surface area contributed by atoms with Crippen LogP contribution in [0.15, 0.2) is 66.6 Å². The molecule has 7 heteroatoms. The summed E-state index contributed by atoms with van der Waals surface area (Å²) in [5, 5.41) is 2.84. The highest BCUT2D eigenvalue weighted by molar-refractivity contribution is 6.36. The van der Waals surface area contributed by atoms with Gasteiger partial charge in [-0.15, -0.1) is 0 Å². The molecule has 1 aliphatic rings. The Balaban J connectivity index is 1.79. The molecule has 4 rings (SSSR count). The number of aryl methyl sites for hydroxylation is 2. The second kappa shape index (κ2) is 8.10. The molecule has 0 bridgehead atoms. The zero-order chi connectivity index (χ0) is 22.1. The molecular weight excluding hydrogens is 400 g/mol. The lowest BCUT2D eigenvalue weighted by Gasteiger charge is -2.15. The molecule has 1 aromatic heterocycles. The first-order chi connectivity index (χ1) is 14.8. The van der Waals surface area contributed by atoms with E-state index < -0.39 is 23.4 Å². The maximum absolute atomic E-state index is 13.7. The summed E-state index contributed by atoms with van der Waals surface area (Å²) in [6, 6.07) is 12.2. The van der Waals surface area contributed by atoms with Crippen LogP contribution < -0.4 is 5.32 Å². The average Bonchev–Trinajstić information content (AvgIpc) is 2.96. The summed E-state index contributed by atoms with van der Waals surface area (Å²) in [5.74, 6) is -3.05. The van der Waals surface area contributed by atoms with Crippen LogP contribution in [0.25, 0.3) is 5.57 Å². The molecule has 1 N–H and O–H groups in total. The first kappa shape index (κ1) is 20.4. The number of nitrogens with one attached hydrogen (secondary N) is 1. The lowest BCUT2D eigenvalue weighted by Crippen LogP contribution is -2.32. The minimum Gasteiger partial charge on any atom is -0.350 e. The van der Waals surface area contributed by atoms with Crippen LogP contribution in [0.4, 0.5) is 14.5 Å². The van der Waals surface area contributed by atoms with Crippen molar-refractivity contribution < 1.29 is 18.4 Å². The van der Waals surface area contributed by atoms with Crippen molar-refractivity contribution in [3.8, 4) is 0 Å². The molecule has 3 aromatic rings. The van der Waals surface area contributed by atoms with Gasteiger partial charge in [0.2, 0.25) is 0 Å². The van der Waals surface area contributed by atoms with Crippen LogP contribution in [0, 0.1) is 25.5 Å². The summed E-state index contributed by atoms with van der Waals surface area (Å²) in [6.45, 7) is 3.86. The summed E-state index contributed by atoms with van der Waals surface area (Å²) in [5.41, 5.74) is 3.58. The molecule has 1 aliphatic heterocycles. The number of carbonyl (C=O) groups excluding carboxylic acids is 2. The SMILES string of the molecule is Cc1ccc(C2=C(Nc3ccc(F)c(F)c3)C(=O)N(Cc3ccncc3)C2=O)c(C)c1. The van der Waals surface area contributed by atoms with Gasteiger partial charge in [-0.3, -0.25) is 19.5 Å². The molecule has 0 spiro atoms. The molecule has 156 valence electrons. The van der Waals surface area contributed by atoms with Gasteiger partial charge >= 0.3 is 0 Å². The molecule has 0 aliphatic carbocycles. The van der Waals surface area contributed by atoms with Gasteiger partial charge in [-0.2, -0.15) is 0 Å². The van der Waals surface area contributed by atoms with Crippen LogP contribution in [0.5, 0.6) is 0 Å². The van der Waals surface area contributed by atoms with Crippen LogP contribution >= 0.6 is 0 Å². The van der Waals surface area contributed by atoms with E-state index in [9.17, 15) is 18.4 Å². The zero-order valence-electron chi connectivity index (χ0n) is 16.9.